The van der Waals surface area contributed by atoms with E-state index in [9.17, 15) is 9.59 Å². The fourth-order valence-electron chi connectivity index (χ4n) is 0.829. The molecule has 0 N–H and O–H groups in total. The normalized spacial score (nSPS) is 19.8. The molecule has 0 radical (unpaired) electrons. The standard InChI is InChI=1S/C7H8O2/c1-4-5(2)7(9)3-6(4)8/h3H2,1-2H3. The van der Waals surface area contributed by atoms with Crippen LogP contribution >= 0.6 is 0 Å². The van der Waals surface area contributed by atoms with Gasteiger partial charge >= 0.3 is 0 Å². The summed E-state index contributed by atoms with van der Waals surface area (Å²) in [5, 5.41) is 0. The van der Waals surface area contributed by atoms with Gasteiger partial charge in [-0.25, -0.2) is 0 Å². The first kappa shape index (κ1) is 6.20. The minimum absolute atomic E-state index is 0.0162. The fraction of sp³-hybridized carbons (Fsp3) is 0.429. The van der Waals surface area contributed by atoms with E-state index in [0.717, 1.165) is 0 Å². The van der Waals surface area contributed by atoms with Crippen molar-refractivity contribution in [2.75, 3.05) is 0 Å². The first-order chi connectivity index (χ1) is 4.13. The predicted molar refractivity (Wildman–Crippen MR) is 33.0 cm³/mol. The molecule has 2 heteroatoms. The van der Waals surface area contributed by atoms with Crippen molar-refractivity contribution in [3.8, 4) is 0 Å². The molecule has 0 amide bonds. The van der Waals surface area contributed by atoms with E-state index >= 15 is 0 Å². The van der Waals surface area contributed by atoms with E-state index in [-0.39, 0.29) is 18.0 Å². The average Bonchev–Trinajstić information content (AvgIpc) is 1.98. The van der Waals surface area contributed by atoms with Gasteiger partial charge < -0.3 is 0 Å². The summed E-state index contributed by atoms with van der Waals surface area (Å²) < 4.78 is 0. The molecule has 0 aromatic heterocycles. The Labute approximate surface area is 53.6 Å². The van der Waals surface area contributed by atoms with Crippen LogP contribution in [0.2, 0.25) is 0 Å². The van der Waals surface area contributed by atoms with Crippen molar-refractivity contribution in [3.05, 3.63) is 11.1 Å². The molecule has 0 saturated heterocycles. The third-order valence-electron chi connectivity index (χ3n) is 1.72. The third-order valence-corrected chi connectivity index (χ3v) is 1.72. The Morgan fingerprint density at radius 2 is 1.33 bits per heavy atom. The van der Waals surface area contributed by atoms with Crippen molar-refractivity contribution in [1.82, 2.24) is 0 Å². The Balaban J connectivity index is 3.06. The molecule has 0 heterocycles. The molecule has 0 spiro atoms. The quantitative estimate of drug-likeness (QED) is 0.449. The van der Waals surface area contributed by atoms with Crippen LogP contribution in [0.4, 0.5) is 0 Å². The summed E-state index contributed by atoms with van der Waals surface area (Å²) in [6.07, 6.45) is 0.0949. The molecule has 2 nitrogen and oxygen atoms in total. The molecule has 0 aliphatic heterocycles. The van der Waals surface area contributed by atoms with E-state index in [1.165, 1.54) is 0 Å². The van der Waals surface area contributed by atoms with Crippen LogP contribution in [0.1, 0.15) is 20.3 Å². The monoisotopic (exact) mass is 124 g/mol. The summed E-state index contributed by atoms with van der Waals surface area (Å²) >= 11 is 0. The van der Waals surface area contributed by atoms with Gasteiger partial charge in [-0.3, -0.25) is 9.59 Å². The number of carbonyl (C=O) groups excluding carboxylic acids is 2. The highest BCUT2D eigenvalue weighted by molar-refractivity contribution is 6.21. The van der Waals surface area contributed by atoms with Crippen molar-refractivity contribution < 1.29 is 9.59 Å². The van der Waals surface area contributed by atoms with Gasteiger partial charge in [0, 0.05) is 0 Å². The SMILES string of the molecule is CC1=C(C)C(=O)CC1=O. The lowest BCUT2D eigenvalue weighted by Crippen LogP contribution is -1.94. The maximum atomic E-state index is 10.7. The van der Waals surface area contributed by atoms with Gasteiger partial charge in [0.15, 0.2) is 11.6 Å². The topological polar surface area (TPSA) is 34.1 Å². The summed E-state index contributed by atoms with van der Waals surface area (Å²) in [6, 6.07) is 0. The molecular formula is C7H8O2. The van der Waals surface area contributed by atoms with Crippen LogP contribution in [0.3, 0.4) is 0 Å². The van der Waals surface area contributed by atoms with Gasteiger partial charge in [0.25, 0.3) is 0 Å². The van der Waals surface area contributed by atoms with Gasteiger partial charge in [-0.05, 0) is 25.0 Å². The van der Waals surface area contributed by atoms with Crippen LogP contribution in [-0.2, 0) is 9.59 Å². The Bertz CT molecular complexity index is 189. The first-order valence-corrected chi connectivity index (χ1v) is 2.87. The second kappa shape index (κ2) is 1.79. The van der Waals surface area contributed by atoms with Crippen LogP contribution in [0.5, 0.6) is 0 Å². The molecule has 0 aromatic carbocycles. The lowest BCUT2D eigenvalue weighted by molar-refractivity contribution is -0.121. The Morgan fingerprint density at radius 1 is 1.00 bits per heavy atom. The highest BCUT2D eigenvalue weighted by atomic mass is 16.2. The number of allylic oxidation sites excluding steroid dienone is 2. The summed E-state index contributed by atoms with van der Waals surface area (Å²) in [5.41, 5.74) is 1.28. The lowest BCUT2D eigenvalue weighted by Gasteiger charge is -1.85. The minimum atomic E-state index is -0.0162. The van der Waals surface area contributed by atoms with Crippen molar-refractivity contribution in [1.29, 1.82) is 0 Å². The maximum absolute atomic E-state index is 10.7. The van der Waals surface area contributed by atoms with Gasteiger partial charge in [-0.2, -0.15) is 0 Å². The van der Waals surface area contributed by atoms with Crippen molar-refractivity contribution in [2.45, 2.75) is 20.3 Å². The van der Waals surface area contributed by atoms with Crippen molar-refractivity contribution in [3.63, 3.8) is 0 Å². The van der Waals surface area contributed by atoms with Gasteiger partial charge in [0.1, 0.15) is 0 Å². The zero-order valence-corrected chi connectivity index (χ0v) is 5.52. The fourth-order valence-corrected chi connectivity index (χ4v) is 0.829. The van der Waals surface area contributed by atoms with E-state index < -0.39 is 0 Å². The maximum Gasteiger partial charge on any atom is 0.166 e. The largest absolute Gasteiger partial charge is 0.294 e. The summed E-state index contributed by atoms with van der Waals surface area (Å²) in [4.78, 5) is 21.4. The van der Waals surface area contributed by atoms with Gasteiger partial charge in [0.05, 0.1) is 6.42 Å². The number of carbonyl (C=O) groups is 2. The number of hydrogen-bond donors (Lipinski definition) is 0. The summed E-state index contributed by atoms with van der Waals surface area (Å²) in [5.74, 6) is -0.0324. The molecule has 0 bridgehead atoms. The zero-order valence-electron chi connectivity index (χ0n) is 5.52. The number of rotatable bonds is 0. The van der Waals surface area contributed by atoms with Crippen LogP contribution in [0, 0.1) is 0 Å². The molecule has 0 aromatic rings. The van der Waals surface area contributed by atoms with Gasteiger partial charge in [-0.15, -0.1) is 0 Å². The molecule has 0 unspecified atom stereocenters. The molecular weight excluding hydrogens is 116 g/mol. The second-order valence-corrected chi connectivity index (χ2v) is 2.27. The van der Waals surface area contributed by atoms with Gasteiger partial charge in [-0.1, -0.05) is 0 Å². The van der Waals surface area contributed by atoms with E-state index in [4.69, 9.17) is 0 Å². The van der Waals surface area contributed by atoms with Crippen LogP contribution in [0.15, 0.2) is 11.1 Å². The van der Waals surface area contributed by atoms with E-state index in [1.807, 2.05) is 0 Å². The number of ketones is 2. The van der Waals surface area contributed by atoms with E-state index in [1.54, 1.807) is 13.8 Å². The van der Waals surface area contributed by atoms with Crippen molar-refractivity contribution >= 4 is 11.6 Å². The Kier molecular flexibility index (Phi) is 1.24. The smallest absolute Gasteiger partial charge is 0.166 e. The molecule has 1 aliphatic rings. The molecule has 9 heavy (non-hydrogen) atoms. The number of Topliss-reactive ketones (excluding diaryl/α,β-unsaturated/α-hetero) is 2. The lowest BCUT2D eigenvalue weighted by atomic mass is 10.2. The van der Waals surface area contributed by atoms with Crippen LogP contribution < -0.4 is 0 Å². The Hall–Kier alpha value is -0.920. The molecule has 0 fully saturated rings. The first-order valence-electron chi connectivity index (χ1n) is 2.87. The van der Waals surface area contributed by atoms with Crippen molar-refractivity contribution in [2.24, 2.45) is 0 Å². The second-order valence-electron chi connectivity index (χ2n) is 2.27. The molecule has 1 aliphatic carbocycles. The number of hydrogen-bond acceptors (Lipinski definition) is 2. The summed E-state index contributed by atoms with van der Waals surface area (Å²) in [6.45, 7) is 3.39. The minimum Gasteiger partial charge on any atom is -0.294 e. The van der Waals surface area contributed by atoms with E-state index in [2.05, 4.69) is 0 Å². The molecule has 48 valence electrons. The Morgan fingerprint density at radius 3 is 1.44 bits per heavy atom. The average molecular weight is 124 g/mol. The van der Waals surface area contributed by atoms with Crippen LogP contribution in [0.25, 0.3) is 0 Å². The molecule has 0 atom stereocenters. The highest BCUT2D eigenvalue weighted by Crippen LogP contribution is 2.17. The van der Waals surface area contributed by atoms with E-state index in [0.29, 0.717) is 11.1 Å². The predicted octanol–water partition coefficient (Wildman–Crippen LogP) is 0.865. The molecule has 0 saturated carbocycles. The van der Waals surface area contributed by atoms with Gasteiger partial charge in [0.2, 0.25) is 0 Å². The van der Waals surface area contributed by atoms with Crippen LogP contribution in [-0.4, -0.2) is 11.6 Å². The molecule has 1 rings (SSSR count). The zero-order chi connectivity index (χ0) is 7.02. The third kappa shape index (κ3) is 0.803. The summed E-state index contributed by atoms with van der Waals surface area (Å²) in [7, 11) is 0. The highest BCUT2D eigenvalue weighted by Gasteiger charge is 2.23.